The molecular weight excluding hydrogens is 562 g/mol. The highest BCUT2D eigenvalue weighted by Crippen LogP contribution is 2.24. The fourth-order valence-electron chi connectivity index (χ4n) is 4.51. The Morgan fingerprint density at radius 3 is 1.38 bits per heavy atom. The van der Waals surface area contributed by atoms with E-state index in [0.29, 0.717) is 6.42 Å². The van der Waals surface area contributed by atoms with Crippen LogP contribution in [0.25, 0.3) is 0 Å². The molecule has 0 unspecified atom stereocenters. The van der Waals surface area contributed by atoms with E-state index in [0.717, 1.165) is 25.7 Å². The normalized spacial score (nSPS) is 19.0. The van der Waals surface area contributed by atoms with Crippen molar-refractivity contribution in [3.05, 3.63) is 0 Å². The number of amides is 3. The summed E-state index contributed by atoms with van der Waals surface area (Å²) in [7, 11) is 0. The van der Waals surface area contributed by atoms with Gasteiger partial charge in [0.25, 0.3) is 11.8 Å². The summed E-state index contributed by atoms with van der Waals surface area (Å²) >= 11 is 0. The Hall–Kier alpha value is -1.99. The van der Waals surface area contributed by atoms with E-state index in [2.05, 4.69) is 0 Å². The van der Waals surface area contributed by atoms with E-state index < -0.39 is 85.7 Å². The van der Waals surface area contributed by atoms with Crippen LogP contribution in [-0.4, -0.2) is 148 Å². The Bertz CT molecular complexity index is 770. The van der Waals surface area contributed by atoms with Crippen molar-refractivity contribution < 1.29 is 65.4 Å². The molecule has 0 aromatic rings. The highest BCUT2D eigenvalue weighted by atomic mass is 16.4. The van der Waals surface area contributed by atoms with Crippen molar-refractivity contribution in [3.8, 4) is 0 Å². The molecule has 0 saturated carbocycles. The van der Waals surface area contributed by atoms with Gasteiger partial charge in [0, 0.05) is 19.5 Å². The van der Waals surface area contributed by atoms with Crippen LogP contribution >= 0.6 is 0 Å². The summed E-state index contributed by atoms with van der Waals surface area (Å²) in [5, 5.41) is 99.2. The zero-order valence-corrected chi connectivity index (χ0v) is 24.2. The lowest BCUT2D eigenvalue weighted by Crippen LogP contribution is -2.60. The zero-order chi connectivity index (χ0) is 32.7. The minimum Gasteiger partial charge on any atom is -0.394 e. The molecule has 16 nitrogen and oxygen atoms in total. The molecule has 0 radical (unpaired) electrons. The second-order valence-electron chi connectivity index (χ2n) is 10.7. The number of primary amides is 2. The van der Waals surface area contributed by atoms with E-state index in [-0.39, 0.29) is 38.3 Å². The molecule has 16 heteroatoms. The molecule has 0 heterocycles. The molecule has 0 rings (SSSR count). The third-order valence-electron chi connectivity index (χ3n) is 7.46. The van der Waals surface area contributed by atoms with Crippen molar-refractivity contribution in [3.63, 3.8) is 0 Å². The van der Waals surface area contributed by atoms with Gasteiger partial charge >= 0.3 is 0 Å². The summed E-state index contributed by atoms with van der Waals surface area (Å²) in [5.41, 5.74) is 5.02. The molecule has 0 aliphatic carbocycles. The molecule has 0 aromatic heterocycles. The first-order chi connectivity index (χ1) is 19.5. The van der Waals surface area contributed by atoms with Crippen molar-refractivity contribution in [2.75, 3.05) is 26.3 Å². The van der Waals surface area contributed by atoms with Gasteiger partial charge in [-0.2, -0.15) is 0 Å². The monoisotopic (exact) mass is 613 g/mol. The highest BCUT2D eigenvalue weighted by Gasteiger charge is 2.48. The lowest BCUT2D eigenvalue weighted by Gasteiger charge is -2.35. The average Bonchev–Trinajstić information content (AvgIpc) is 2.96. The number of unbranched alkanes of at least 4 members (excludes halogenated alkanes) is 4. The van der Waals surface area contributed by atoms with Gasteiger partial charge in [-0.1, -0.05) is 32.6 Å². The Morgan fingerprint density at radius 2 is 1.05 bits per heavy atom. The number of nitrogens with two attached hydrogens (primary N) is 2. The van der Waals surface area contributed by atoms with Crippen LogP contribution < -0.4 is 11.5 Å². The van der Waals surface area contributed by atoms with Crippen LogP contribution in [0.1, 0.15) is 71.1 Å². The Morgan fingerprint density at radius 1 is 0.667 bits per heavy atom. The van der Waals surface area contributed by atoms with Gasteiger partial charge in [0.05, 0.1) is 13.2 Å². The van der Waals surface area contributed by atoms with Crippen molar-refractivity contribution in [2.45, 2.75) is 119 Å². The molecule has 14 N–H and O–H groups in total. The Balaban J connectivity index is 5.66. The molecule has 0 aliphatic heterocycles. The number of aliphatic hydroxyl groups is 10. The summed E-state index contributed by atoms with van der Waals surface area (Å²) in [6.07, 6.45) is -9.59. The van der Waals surface area contributed by atoms with Crippen molar-refractivity contribution in [1.82, 2.24) is 4.90 Å². The molecule has 3 amide bonds. The van der Waals surface area contributed by atoms with Crippen LogP contribution in [0.3, 0.4) is 0 Å². The maximum absolute atomic E-state index is 13.0. The largest absolute Gasteiger partial charge is 0.394 e. The van der Waals surface area contributed by atoms with Gasteiger partial charge in [-0.05, 0) is 32.1 Å². The summed E-state index contributed by atoms with van der Waals surface area (Å²) in [4.78, 5) is 38.3. The zero-order valence-electron chi connectivity index (χ0n) is 24.2. The topological polar surface area (TPSA) is 309 Å². The number of rotatable bonds is 24. The SMILES string of the molecule is CCCCCCCC(=O)N(CCC[C@](O)(C(N)=O)[C@@H](O)[C@H](O)[C@H](O)CO)CCC[C@](O)(C(N)=O)[C@@H](O)[C@H](O)[C@H](O)CO. The van der Waals surface area contributed by atoms with Crippen molar-refractivity contribution in [2.24, 2.45) is 11.5 Å². The lowest BCUT2D eigenvalue weighted by atomic mass is 9.85. The van der Waals surface area contributed by atoms with Gasteiger partial charge in [0.2, 0.25) is 5.91 Å². The number of nitrogens with zero attached hydrogens (tertiary/aromatic N) is 1. The van der Waals surface area contributed by atoms with E-state index in [1.165, 1.54) is 4.90 Å². The molecule has 0 spiro atoms. The molecule has 0 aromatic carbocycles. The van der Waals surface area contributed by atoms with Gasteiger partial charge in [-0.3, -0.25) is 14.4 Å². The van der Waals surface area contributed by atoms with Gasteiger partial charge in [0.1, 0.15) is 36.6 Å². The minimum absolute atomic E-state index is 0.123. The number of hydrogen-bond donors (Lipinski definition) is 12. The predicted octanol–water partition coefficient (Wildman–Crippen LogP) is -4.68. The first-order valence-electron chi connectivity index (χ1n) is 14.2. The number of carbonyl (C=O) groups is 3. The molecule has 8 atom stereocenters. The molecule has 248 valence electrons. The molecular formula is C26H51N3O13. The molecule has 0 fully saturated rings. The van der Waals surface area contributed by atoms with E-state index >= 15 is 0 Å². The van der Waals surface area contributed by atoms with Crippen molar-refractivity contribution in [1.29, 1.82) is 0 Å². The van der Waals surface area contributed by atoms with Gasteiger partial charge in [-0.25, -0.2) is 0 Å². The van der Waals surface area contributed by atoms with Crippen LogP contribution in [0.4, 0.5) is 0 Å². The first kappa shape index (κ1) is 40.0. The molecule has 0 saturated heterocycles. The van der Waals surface area contributed by atoms with E-state index in [9.17, 15) is 55.2 Å². The van der Waals surface area contributed by atoms with Crippen LogP contribution in [0, 0.1) is 0 Å². The van der Waals surface area contributed by atoms with Crippen LogP contribution in [0.5, 0.6) is 0 Å². The molecule has 0 aliphatic rings. The average molecular weight is 614 g/mol. The maximum atomic E-state index is 13.0. The number of carbonyl (C=O) groups excluding carboxylic acids is 3. The summed E-state index contributed by atoms with van der Waals surface area (Å²) in [6.45, 7) is -0.170. The minimum atomic E-state index is -2.73. The predicted molar refractivity (Wildman–Crippen MR) is 147 cm³/mol. The van der Waals surface area contributed by atoms with Gasteiger partial charge in [0.15, 0.2) is 11.2 Å². The Kier molecular flexibility index (Phi) is 18.4. The summed E-state index contributed by atoms with van der Waals surface area (Å²) in [6, 6.07) is 0. The second kappa shape index (κ2) is 19.3. The summed E-state index contributed by atoms with van der Waals surface area (Å²) in [5.74, 6) is -3.20. The fraction of sp³-hybridized carbons (Fsp3) is 0.885. The smallest absolute Gasteiger partial charge is 0.252 e. The quantitative estimate of drug-likeness (QED) is 0.0456. The first-order valence-corrected chi connectivity index (χ1v) is 14.2. The van der Waals surface area contributed by atoms with E-state index in [1.807, 2.05) is 6.92 Å². The van der Waals surface area contributed by atoms with Crippen LogP contribution in [0.15, 0.2) is 0 Å². The third kappa shape index (κ3) is 11.6. The van der Waals surface area contributed by atoms with Gasteiger partial charge < -0.3 is 67.4 Å². The number of aliphatic hydroxyl groups excluding tert-OH is 8. The number of hydrogen-bond acceptors (Lipinski definition) is 13. The van der Waals surface area contributed by atoms with Gasteiger partial charge in [-0.15, -0.1) is 0 Å². The van der Waals surface area contributed by atoms with Crippen LogP contribution in [0.2, 0.25) is 0 Å². The Labute approximate surface area is 245 Å². The second-order valence-corrected chi connectivity index (χ2v) is 10.7. The van der Waals surface area contributed by atoms with E-state index in [4.69, 9.17) is 21.7 Å². The molecule has 0 bridgehead atoms. The maximum Gasteiger partial charge on any atom is 0.252 e. The molecule has 42 heavy (non-hydrogen) atoms. The fourth-order valence-corrected chi connectivity index (χ4v) is 4.51. The van der Waals surface area contributed by atoms with E-state index in [1.54, 1.807) is 0 Å². The van der Waals surface area contributed by atoms with Crippen molar-refractivity contribution >= 4 is 17.7 Å². The summed E-state index contributed by atoms with van der Waals surface area (Å²) < 4.78 is 0. The third-order valence-corrected chi connectivity index (χ3v) is 7.46. The van der Waals surface area contributed by atoms with Crippen LogP contribution in [-0.2, 0) is 14.4 Å². The highest BCUT2D eigenvalue weighted by molar-refractivity contribution is 5.84. The standard InChI is InChI=1S/C26H51N3O13/c1-2-3-4-5-6-9-18(34)29(12-7-10-25(41,23(27)39)21(37)19(35)16(32)14-30)13-8-11-26(42,24(28)40)22(38)20(36)17(33)15-31/h16-17,19-22,30-33,35-38,41-42H,2-15H2,1H3,(H2,27,39)(H2,28,40)/t16-,17-,19-,20-,21+,22+,25-,26-/m1/s1. The lowest BCUT2D eigenvalue weighted by molar-refractivity contribution is -0.176.